The highest BCUT2D eigenvalue weighted by atomic mass is 16.5. The first-order valence-corrected chi connectivity index (χ1v) is 10.1. The van der Waals surface area contributed by atoms with Gasteiger partial charge in [0.25, 0.3) is 0 Å². The van der Waals surface area contributed by atoms with Crippen LogP contribution in [-0.4, -0.2) is 61.6 Å². The van der Waals surface area contributed by atoms with Crippen LogP contribution in [-0.2, 0) is 11.2 Å². The number of hydrogen-bond acceptors (Lipinski definition) is 5. The topological polar surface area (TPSA) is 68.0 Å². The van der Waals surface area contributed by atoms with E-state index in [0.717, 1.165) is 50.4 Å². The number of hydrogen-bond donors (Lipinski definition) is 1. The van der Waals surface area contributed by atoms with E-state index in [1.807, 2.05) is 0 Å². The molecular weight excluding hydrogens is 342 g/mol. The van der Waals surface area contributed by atoms with Crippen molar-refractivity contribution in [3.63, 3.8) is 0 Å². The Balaban J connectivity index is 1.57. The van der Waals surface area contributed by atoms with Crippen molar-refractivity contribution < 1.29 is 14.3 Å². The third-order valence-electron chi connectivity index (χ3n) is 6.74. The number of rotatable bonds is 4. The summed E-state index contributed by atoms with van der Waals surface area (Å²) in [5, 5.41) is 0. The molecule has 0 spiro atoms. The van der Waals surface area contributed by atoms with Gasteiger partial charge in [-0.15, -0.1) is 0 Å². The molecule has 27 heavy (non-hydrogen) atoms. The van der Waals surface area contributed by atoms with Gasteiger partial charge >= 0.3 is 0 Å². The summed E-state index contributed by atoms with van der Waals surface area (Å²) in [5.41, 5.74) is 9.24. The fraction of sp³-hybridized carbons (Fsp3) is 0.667. The fourth-order valence-electron chi connectivity index (χ4n) is 5.10. The Labute approximate surface area is 161 Å². The standard InChI is InChI=1S/C21H31N3O3/c1-4-13-7-21(25)24(11-13)18-12-23-6-5-14-8-19(26-2)20(27-3)9-15(14)17(23)10-16(18)22/h8-9,13,16-18H,4-7,10-12,22H2,1-3H3/t13-,16-,17-,18-/m0/s1. The molecule has 1 aromatic rings. The first kappa shape index (κ1) is 18.6. The van der Waals surface area contributed by atoms with E-state index in [2.05, 4.69) is 28.9 Å². The van der Waals surface area contributed by atoms with Crippen molar-refractivity contribution in [1.29, 1.82) is 0 Å². The summed E-state index contributed by atoms with van der Waals surface area (Å²) in [6.07, 6.45) is 3.60. The molecule has 0 aliphatic carbocycles. The molecule has 1 aromatic carbocycles. The number of ether oxygens (including phenoxy) is 2. The lowest BCUT2D eigenvalue weighted by molar-refractivity contribution is -0.131. The van der Waals surface area contributed by atoms with Gasteiger partial charge in [-0.3, -0.25) is 9.69 Å². The monoisotopic (exact) mass is 373 g/mol. The van der Waals surface area contributed by atoms with Crippen LogP contribution in [0.5, 0.6) is 11.5 Å². The Morgan fingerprint density at radius 2 is 1.93 bits per heavy atom. The Bertz CT molecular complexity index is 723. The maximum Gasteiger partial charge on any atom is 0.223 e. The van der Waals surface area contributed by atoms with E-state index < -0.39 is 0 Å². The zero-order chi connectivity index (χ0) is 19.1. The van der Waals surface area contributed by atoms with Crippen LogP contribution in [0.3, 0.4) is 0 Å². The van der Waals surface area contributed by atoms with Crippen LogP contribution in [0, 0.1) is 5.92 Å². The third kappa shape index (κ3) is 3.19. The normalized spacial score (nSPS) is 30.8. The molecule has 1 amide bonds. The predicted molar refractivity (Wildman–Crippen MR) is 104 cm³/mol. The minimum atomic E-state index is 0.00449. The summed E-state index contributed by atoms with van der Waals surface area (Å²) < 4.78 is 11.0. The zero-order valence-electron chi connectivity index (χ0n) is 16.6. The fourth-order valence-corrected chi connectivity index (χ4v) is 5.10. The number of methoxy groups -OCH3 is 2. The molecule has 3 aliphatic heterocycles. The van der Waals surface area contributed by atoms with E-state index in [1.165, 1.54) is 11.1 Å². The SMILES string of the molecule is CC[C@H]1CC(=O)N([C@H]2CN3CCc4cc(OC)c(OC)cc4[C@@H]3C[C@@H]2N)C1. The Morgan fingerprint density at radius 3 is 2.59 bits per heavy atom. The summed E-state index contributed by atoms with van der Waals surface area (Å²) in [6, 6.07) is 4.65. The summed E-state index contributed by atoms with van der Waals surface area (Å²) >= 11 is 0. The van der Waals surface area contributed by atoms with E-state index in [-0.39, 0.29) is 18.0 Å². The maximum absolute atomic E-state index is 12.5. The molecule has 4 rings (SSSR count). The van der Waals surface area contributed by atoms with Crippen LogP contribution < -0.4 is 15.2 Å². The van der Waals surface area contributed by atoms with Crippen molar-refractivity contribution >= 4 is 5.91 Å². The van der Waals surface area contributed by atoms with Crippen molar-refractivity contribution in [2.75, 3.05) is 33.9 Å². The second-order valence-electron chi connectivity index (χ2n) is 8.16. The molecule has 3 heterocycles. The lowest BCUT2D eigenvalue weighted by atomic mass is 9.83. The van der Waals surface area contributed by atoms with Crippen LogP contribution in [0.25, 0.3) is 0 Å². The molecule has 2 N–H and O–H groups in total. The van der Waals surface area contributed by atoms with E-state index in [1.54, 1.807) is 14.2 Å². The first-order valence-electron chi connectivity index (χ1n) is 10.1. The quantitative estimate of drug-likeness (QED) is 0.874. The second-order valence-corrected chi connectivity index (χ2v) is 8.16. The van der Waals surface area contributed by atoms with Gasteiger partial charge in [-0.25, -0.2) is 0 Å². The van der Waals surface area contributed by atoms with Crippen LogP contribution >= 0.6 is 0 Å². The number of fused-ring (bicyclic) bond motifs is 3. The van der Waals surface area contributed by atoms with Crippen molar-refractivity contribution in [2.24, 2.45) is 11.7 Å². The molecule has 0 saturated carbocycles. The number of nitrogens with zero attached hydrogens (tertiary/aromatic N) is 2. The number of piperidine rings is 1. The van der Waals surface area contributed by atoms with Gasteiger partial charge in [0, 0.05) is 38.1 Å². The molecule has 2 fully saturated rings. The Morgan fingerprint density at radius 1 is 1.19 bits per heavy atom. The van der Waals surface area contributed by atoms with Crippen LogP contribution in [0.2, 0.25) is 0 Å². The Kier molecular flexibility index (Phi) is 5.03. The summed E-state index contributed by atoms with van der Waals surface area (Å²) in [4.78, 5) is 17.1. The van der Waals surface area contributed by atoms with E-state index in [0.29, 0.717) is 18.4 Å². The molecule has 0 bridgehead atoms. The van der Waals surface area contributed by atoms with E-state index >= 15 is 0 Å². The predicted octanol–water partition coefficient (Wildman–Crippen LogP) is 1.96. The van der Waals surface area contributed by atoms with Crippen LogP contribution in [0.15, 0.2) is 12.1 Å². The zero-order valence-corrected chi connectivity index (χ0v) is 16.6. The molecule has 0 radical (unpaired) electrons. The third-order valence-corrected chi connectivity index (χ3v) is 6.74. The minimum Gasteiger partial charge on any atom is -0.493 e. The largest absolute Gasteiger partial charge is 0.493 e. The molecule has 2 saturated heterocycles. The second kappa shape index (κ2) is 7.32. The number of amides is 1. The highest BCUT2D eigenvalue weighted by Gasteiger charge is 2.43. The van der Waals surface area contributed by atoms with Gasteiger partial charge in [-0.1, -0.05) is 13.3 Å². The molecule has 0 aromatic heterocycles. The van der Waals surface area contributed by atoms with Crippen LogP contribution in [0.4, 0.5) is 0 Å². The van der Waals surface area contributed by atoms with Crippen molar-refractivity contribution in [3.8, 4) is 11.5 Å². The van der Waals surface area contributed by atoms with Crippen LogP contribution in [0.1, 0.15) is 43.4 Å². The highest BCUT2D eigenvalue weighted by molar-refractivity contribution is 5.79. The molecule has 0 unspecified atom stereocenters. The van der Waals surface area contributed by atoms with E-state index in [9.17, 15) is 4.79 Å². The molecule has 6 heteroatoms. The molecule has 148 valence electrons. The van der Waals surface area contributed by atoms with E-state index in [4.69, 9.17) is 15.2 Å². The van der Waals surface area contributed by atoms with Gasteiger partial charge < -0.3 is 20.1 Å². The highest BCUT2D eigenvalue weighted by Crippen LogP contribution is 2.42. The van der Waals surface area contributed by atoms with Crippen molar-refractivity contribution in [2.45, 2.75) is 50.7 Å². The number of carbonyl (C=O) groups is 1. The first-order chi connectivity index (χ1) is 13.0. The number of carbonyl (C=O) groups excluding carboxylic acids is 1. The summed E-state index contributed by atoms with van der Waals surface area (Å²) in [6.45, 7) is 4.90. The lowest BCUT2D eigenvalue weighted by Gasteiger charge is -2.48. The molecule has 6 nitrogen and oxygen atoms in total. The number of benzene rings is 1. The average molecular weight is 373 g/mol. The number of nitrogens with two attached hydrogens (primary N) is 1. The molecule has 4 atom stereocenters. The Hall–Kier alpha value is -1.79. The maximum atomic E-state index is 12.5. The van der Waals surface area contributed by atoms with Gasteiger partial charge in [0.05, 0.1) is 20.3 Å². The van der Waals surface area contributed by atoms with Gasteiger partial charge in [-0.2, -0.15) is 0 Å². The van der Waals surface area contributed by atoms with Gasteiger partial charge in [0.1, 0.15) is 0 Å². The van der Waals surface area contributed by atoms with Gasteiger partial charge in [0.15, 0.2) is 11.5 Å². The van der Waals surface area contributed by atoms with Crippen molar-refractivity contribution in [1.82, 2.24) is 9.80 Å². The summed E-state index contributed by atoms with van der Waals surface area (Å²) in [7, 11) is 3.35. The smallest absolute Gasteiger partial charge is 0.223 e. The average Bonchev–Trinajstić information content (AvgIpc) is 3.06. The number of likely N-dealkylation sites (tertiary alicyclic amines) is 1. The lowest BCUT2D eigenvalue weighted by Crippen LogP contribution is -2.60. The molecule has 3 aliphatic rings. The summed E-state index contributed by atoms with van der Waals surface area (Å²) in [5.74, 6) is 2.33. The van der Waals surface area contributed by atoms with Gasteiger partial charge in [0.2, 0.25) is 5.91 Å². The molecular formula is C21H31N3O3. The van der Waals surface area contributed by atoms with Gasteiger partial charge in [-0.05, 0) is 42.0 Å². The minimum absolute atomic E-state index is 0.00449. The van der Waals surface area contributed by atoms with Crippen molar-refractivity contribution in [3.05, 3.63) is 23.3 Å².